The van der Waals surface area contributed by atoms with E-state index in [0.717, 1.165) is 0 Å². The van der Waals surface area contributed by atoms with Gasteiger partial charge in [0.05, 0.1) is 22.3 Å². The molecule has 0 unspecified atom stereocenters. The minimum Gasteiger partial charge on any atom is -0.478 e. The molecule has 0 fully saturated rings. The van der Waals surface area contributed by atoms with Crippen LogP contribution in [0.2, 0.25) is 0 Å². The van der Waals surface area contributed by atoms with E-state index < -0.39 is 5.97 Å². The number of hydrogen-bond acceptors (Lipinski definition) is 2. The lowest BCUT2D eigenvalue weighted by Gasteiger charge is -2.09. The summed E-state index contributed by atoms with van der Waals surface area (Å²) in [5, 5.41) is 9.11. The molecule has 4 nitrogen and oxygen atoms in total. The van der Waals surface area contributed by atoms with Gasteiger partial charge in [0.25, 0.3) is 0 Å². The number of halogens is 2. The number of aromatic carboxylic acids is 1. The van der Waals surface area contributed by atoms with Crippen LogP contribution in [0, 0.1) is 12.7 Å². The van der Waals surface area contributed by atoms with E-state index in [9.17, 15) is 9.18 Å². The van der Waals surface area contributed by atoms with Crippen LogP contribution in [-0.2, 0) is 0 Å². The van der Waals surface area contributed by atoms with Crippen molar-refractivity contribution in [2.45, 2.75) is 6.92 Å². The van der Waals surface area contributed by atoms with Crippen molar-refractivity contribution in [2.75, 3.05) is 0 Å². The number of carboxylic acid groups (broad SMARTS) is 1. The lowest BCUT2D eigenvalue weighted by molar-refractivity contribution is 0.0697. The quantitative estimate of drug-likeness (QED) is 0.763. The summed E-state index contributed by atoms with van der Waals surface area (Å²) in [7, 11) is 0. The minimum atomic E-state index is -1.01. The molecule has 0 amide bonds. The fraction of sp³-hybridized carbons (Fsp3) is 0.0667. The Morgan fingerprint density at radius 2 is 2.05 bits per heavy atom. The van der Waals surface area contributed by atoms with Gasteiger partial charge in [-0.15, -0.1) is 0 Å². The molecular formula is C15H10BrFN2O2. The largest absolute Gasteiger partial charge is 0.478 e. The van der Waals surface area contributed by atoms with E-state index in [1.54, 1.807) is 23.6 Å². The highest BCUT2D eigenvalue weighted by Gasteiger charge is 2.14. The Bertz CT molecular complexity index is 873. The Hall–Kier alpha value is -2.21. The van der Waals surface area contributed by atoms with Crippen molar-refractivity contribution in [3.05, 3.63) is 58.1 Å². The maximum Gasteiger partial charge on any atom is 0.335 e. The second kappa shape index (κ2) is 4.96. The number of carbonyl (C=O) groups is 1. The van der Waals surface area contributed by atoms with Gasteiger partial charge in [0.2, 0.25) is 0 Å². The predicted molar refractivity (Wildman–Crippen MR) is 80.4 cm³/mol. The number of hydrogen-bond donors (Lipinski definition) is 1. The van der Waals surface area contributed by atoms with Crippen LogP contribution in [0.4, 0.5) is 4.39 Å². The number of rotatable bonds is 2. The van der Waals surface area contributed by atoms with E-state index in [1.165, 1.54) is 24.3 Å². The van der Waals surface area contributed by atoms with E-state index in [-0.39, 0.29) is 11.4 Å². The van der Waals surface area contributed by atoms with E-state index in [2.05, 4.69) is 20.9 Å². The van der Waals surface area contributed by atoms with Gasteiger partial charge in [-0.25, -0.2) is 14.2 Å². The summed E-state index contributed by atoms with van der Waals surface area (Å²) in [6.07, 6.45) is 0. The van der Waals surface area contributed by atoms with Crippen molar-refractivity contribution in [1.29, 1.82) is 0 Å². The number of aryl methyl sites for hydroxylation is 1. The maximum atomic E-state index is 13.5. The molecular weight excluding hydrogens is 339 g/mol. The Labute approximate surface area is 128 Å². The van der Waals surface area contributed by atoms with E-state index in [0.29, 0.717) is 27.0 Å². The maximum absolute atomic E-state index is 13.5. The Morgan fingerprint density at radius 1 is 1.29 bits per heavy atom. The molecule has 21 heavy (non-hydrogen) atoms. The molecule has 0 saturated carbocycles. The van der Waals surface area contributed by atoms with Crippen LogP contribution in [-0.4, -0.2) is 20.6 Å². The fourth-order valence-electron chi connectivity index (χ4n) is 2.29. The normalized spacial score (nSPS) is 11.0. The van der Waals surface area contributed by atoms with Crippen LogP contribution >= 0.6 is 15.9 Å². The zero-order valence-corrected chi connectivity index (χ0v) is 12.6. The molecule has 0 aliphatic rings. The zero-order valence-electron chi connectivity index (χ0n) is 11.0. The first-order chi connectivity index (χ1) is 9.97. The summed E-state index contributed by atoms with van der Waals surface area (Å²) in [6, 6.07) is 9.03. The highest BCUT2D eigenvalue weighted by atomic mass is 79.9. The molecule has 0 aliphatic heterocycles. The summed E-state index contributed by atoms with van der Waals surface area (Å²) in [5.41, 5.74) is 2.03. The average Bonchev–Trinajstić information content (AvgIpc) is 2.76. The third-order valence-corrected chi connectivity index (χ3v) is 3.89. The number of fused-ring (bicyclic) bond motifs is 1. The van der Waals surface area contributed by atoms with Crippen molar-refractivity contribution < 1.29 is 14.3 Å². The molecule has 3 aromatic rings. The van der Waals surface area contributed by atoms with E-state index >= 15 is 0 Å². The summed E-state index contributed by atoms with van der Waals surface area (Å²) >= 11 is 3.39. The summed E-state index contributed by atoms with van der Waals surface area (Å²) < 4.78 is 16.0. The molecule has 6 heteroatoms. The first-order valence-electron chi connectivity index (χ1n) is 6.15. The summed E-state index contributed by atoms with van der Waals surface area (Å²) in [4.78, 5) is 15.5. The standard InChI is InChI=1S/C15H10BrFN2O2/c1-8-18-12-5-2-9(15(20)21)6-14(12)19(8)13-7-10(17)3-4-11(13)16/h2-7H,1H3,(H,20,21). The molecule has 106 valence electrons. The highest BCUT2D eigenvalue weighted by Crippen LogP contribution is 2.28. The van der Waals surface area contributed by atoms with Crippen LogP contribution in [0.5, 0.6) is 0 Å². The lowest BCUT2D eigenvalue weighted by Crippen LogP contribution is -2.00. The van der Waals surface area contributed by atoms with Crippen LogP contribution in [0.15, 0.2) is 40.9 Å². The van der Waals surface area contributed by atoms with Crippen molar-refractivity contribution in [2.24, 2.45) is 0 Å². The van der Waals surface area contributed by atoms with Gasteiger partial charge >= 0.3 is 5.97 Å². The van der Waals surface area contributed by atoms with Crippen LogP contribution in [0.1, 0.15) is 16.2 Å². The molecule has 3 rings (SSSR count). The first kappa shape index (κ1) is 13.8. The van der Waals surface area contributed by atoms with Gasteiger partial charge in [-0.1, -0.05) is 0 Å². The monoisotopic (exact) mass is 348 g/mol. The fourth-order valence-corrected chi connectivity index (χ4v) is 2.71. The molecule has 0 spiro atoms. The summed E-state index contributed by atoms with van der Waals surface area (Å²) in [6.45, 7) is 1.79. The number of aromatic nitrogens is 2. The van der Waals surface area contributed by atoms with Crippen molar-refractivity contribution in [3.8, 4) is 5.69 Å². The predicted octanol–water partition coefficient (Wildman–Crippen LogP) is 3.93. The Kier molecular flexibility index (Phi) is 3.25. The van der Waals surface area contributed by atoms with Crippen LogP contribution in [0.3, 0.4) is 0 Å². The van der Waals surface area contributed by atoms with E-state index in [1.807, 2.05) is 0 Å². The molecule has 1 aromatic heterocycles. The molecule has 0 aliphatic carbocycles. The number of benzene rings is 2. The lowest BCUT2D eigenvalue weighted by atomic mass is 10.2. The van der Waals surface area contributed by atoms with Gasteiger partial charge in [0, 0.05) is 4.47 Å². The van der Waals surface area contributed by atoms with Crippen molar-refractivity contribution in [3.63, 3.8) is 0 Å². The number of imidazole rings is 1. The van der Waals surface area contributed by atoms with Gasteiger partial charge < -0.3 is 5.11 Å². The zero-order chi connectivity index (χ0) is 15.1. The second-order valence-corrected chi connectivity index (χ2v) is 5.45. The molecule has 0 radical (unpaired) electrons. The molecule has 0 atom stereocenters. The summed E-state index contributed by atoms with van der Waals surface area (Å²) in [5.74, 6) is -0.733. The molecule has 1 N–H and O–H groups in total. The van der Waals surface area contributed by atoms with E-state index in [4.69, 9.17) is 5.11 Å². The molecule has 2 aromatic carbocycles. The Balaban J connectivity index is 2.35. The smallest absolute Gasteiger partial charge is 0.335 e. The van der Waals surface area contributed by atoms with Crippen LogP contribution in [0.25, 0.3) is 16.7 Å². The number of carboxylic acids is 1. The van der Waals surface area contributed by atoms with Crippen LogP contribution < -0.4 is 0 Å². The molecule has 1 heterocycles. The van der Waals surface area contributed by atoms with Crippen molar-refractivity contribution >= 4 is 32.9 Å². The molecule has 0 bridgehead atoms. The van der Waals surface area contributed by atoms with Gasteiger partial charge in [-0.05, 0) is 59.3 Å². The molecule has 0 saturated heterocycles. The van der Waals surface area contributed by atoms with Gasteiger partial charge in [-0.2, -0.15) is 0 Å². The first-order valence-corrected chi connectivity index (χ1v) is 6.94. The Morgan fingerprint density at radius 3 is 2.76 bits per heavy atom. The second-order valence-electron chi connectivity index (χ2n) is 4.60. The van der Waals surface area contributed by atoms with Crippen molar-refractivity contribution in [1.82, 2.24) is 9.55 Å². The van der Waals surface area contributed by atoms with Gasteiger partial charge in [0.15, 0.2) is 0 Å². The SMILES string of the molecule is Cc1nc2ccc(C(=O)O)cc2n1-c1cc(F)ccc1Br. The minimum absolute atomic E-state index is 0.163. The third kappa shape index (κ3) is 2.31. The third-order valence-electron chi connectivity index (χ3n) is 3.22. The topological polar surface area (TPSA) is 55.1 Å². The van der Waals surface area contributed by atoms with Gasteiger partial charge in [0.1, 0.15) is 11.6 Å². The highest BCUT2D eigenvalue weighted by molar-refractivity contribution is 9.10. The van der Waals surface area contributed by atoms with Gasteiger partial charge in [-0.3, -0.25) is 4.57 Å². The average molecular weight is 349 g/mol. The number of nitrogens with zero attached hydrogens (tertiary/aromatic N) is 2.